The van der Waals surface area contributed by atoms with Gasteiger partial charge in [0.25, 0.3) is 0 Å². The molecule has 9 aromatic rings. The summed E-state index contributed by atoms with van der Waals surface area (Å²) in [5, 5.41) is 17.0. The summed E-state index contributed by atoms with van der Waals surface area (Å²) in [6.45, 7) is 0. The molecule has 0 saturated heterocycles. The van der Waals surface area contributed by atoms with Crippen molar-refractivity contribution in [3.63, 3.8) is 0 Å². The van der Waals surface area contributed by atoms with Gasteiger partial charge < -0.3 is 4.40 Å². The summed E-state index contributed by atoms with van der Waals surface area (Å²) in [4.78, 5) is 14.0. The monoisotopic (exact) mass is 484 g/mol. The third kappa shape index (κ3) is 2.25. The van der Waals surface area contributed by atoms with Gasteiger partial charge in [0, 0.05) is 38.5 Å². The molecule has 0 aliphatic carbocycles. The predicted octanol–water partition coefficient (Wildman–Crippen LogP) is 7.14. The van der Waals surface area contributed by atoms with Gasteiger partial charge >= 0.3 is 0 Å². The zero-order valence-electron chi connectivity index (χ0n) is 19.9. The molecule has 6 heteroatoms. The quantitative estimate of drug-likeness (QED) is 0.248. The maximum atomic E-state index is 9.92. The second-order valence-electron chi connectivity index (χ2n) is 9.62. The van der Waals surface area contributed by atoms with Gasteiger partial charge in [-0.05, 0) is 36.4 Å². The van der Waals surface area contributed by atoms with Crippen LogP contribution in [0.2, 0.25) is 0 Å². The lowest BCUT2D eigenvalue weighted by atomic mass is 10.0. The highest BCUT2D eigenvalue weighted by Crippen LogP contribution is 2.46. The van der Waals surface area contributed by atoms with Gasteiger partial charge in [0.15, 0.2) is 5.69 Å². The minimum absolute atomic E-state index is 0.268. The highest BCUT2D eigenvalue weighted by atomic mass is 15.2. The zero-order valence-corrected chi connectivity index (χ0v) is 19.9. The average molecular weight is 485 g/mol. The van der Waals surface area contributed by atoms with Crippen LogP contribution >= 0.6 is 0 Å². The Balaban J connectivity index is 1.59. The van der Waals surface area contributed by atoms with Crippen LogP contribution in [0.15, 0.2) is 97.2 Å². The Morgan fingerprint density at radius 3 is 2.11 bits per heavy atom. The molecule has 0 fully saturated rings. The largest absolute Gasteiger partial charge is 0.308 e. The first-order chi connectivity index (χ1) is 18.8. The number of nitrogens with zero attached hydrogens (tertiary/aromatic N) is 6. The van der Waals surface area contributed by atoms with Gasteiger partial charge in [-0.3, -0.25) is 9.55 Å². The molecule has 0 radical (unpaired) electrons. The summed E-state index contributed by atoms with van der Waals surface area (Å²) in [5.74, 6) is 0.467. The van der Waals surface area contributed by atoms with Crippen molar-refractivity contribution in [3.05, 3.63) is 103 Å². The number of aromatic nitrogens is 5. The number of pyridine rings is 1. The standard InChI is InChI=1S/C32H16N6/c33-17-23-30-22(11-7-15-34-30)35-32(36-23)38-26-14-6-2-9-19(26)28-27(38)16-21-18-8-1-4-12-24(18)37-25-13-5-3-10-20(25)29(28)31(21)37/h1-16H. The van der Waals surface area contributed by atoms with Crippen LogP contribution in [0.1, 0.15) is 5.69 Å². The molecule has 38 heavy (non-hydrogen) atoms. The molecule has 4 aromatic carbocycles. The molecule has 0 atom stereocenters. The van der Waals surface area contributed by atoms with Crippen molar-refractivity contribution in [1.29, 1.82) is 5.26 Å². The van der Waals surface area contributed by atoms with E-state index in [1.807, 2.05) is 18.2 Å². The van der Waals surface area contributed by atoms with Crippen molar-refractivity contribution >= 4 is 70.9 Å². The smallest absolute Gasteiger partial charge is 0.236 e. The number of nitriles is 1. The number of rotatable bonds is 1. The molecule has 0 unspecified atom stereocenters. The van der Waals surface area contributed by atoms with E-state index in [1.54, 1.807) is 6.20 Å². The minimum atomic E-state index is 0.268. The fourth-order valence-corrected chi connectivity index (χ4v) is 6.31. The highest BCUT2D eigenvalue weighted by Gasteiger charge is 2.24. The molecule has 0 bridgehead atoms. The van der Waals surface area contributed by atoms with E-state index in [1.165, 1.54) is 38.1 Å². The van der Waals surface area contributed by atoms with Gasteiger partial charge in [0.2, 0.25) is 5.95 Å². The summed E-state index contributed by atoms with van der Waals surface area (Å²) in [7, 11) is 0. The highest BCUT2D eigenvalue weighted by molar-refractivity contribution is 6.35. The number of benzene rings is 4. The Morgan fingerprint density at radius 2 is 1.32 bits per heavy atom. The molecule has 0 aliphatic heterocycles. The topological polar surface area (TPSA) is 71.8 Å². The van der Waals surface area contributed by atoms with E-state index in [2.05, 4.69) is 92.8 Å². The number of para-hydroxylation sites is 3. The molecule has 0 aliphatic rings. The molecule has 5 aromatic heterocycles. The van der Waals surface area contributed by atoms with Crippen LogP contribution in [0.4, 0.5) is 0 Å². The molecule has 174 valence electrons. The Hall–Kier alpha value is -5.54. The summed E-state index contributed by atoms with van der Waals surface area (Å²) >= 11 is 0. The van der Waals surface area contributed by atoms with Gasteiger partial charge in [0.05, 0.1) is 33.1 Å². The Kier molecular flexibility index (Phi) is 3.52. The first-order valence-electron chi connectivity index (χ1n) is 12.5. The number of hydrogen-bond acceptors (Lipinski definition) is 4. The lowest BCUT2D eigenvalue weighted by Gasteiger charge is -2.08. The van der Waals surface area contributed by atoms with Crippen molar-refractivity contribution in [1.82, 2.24) is 23.9 Å². The van der Waals surface area contributed by atoms with Gasteiger partial charge in [-0.15, -0.1) is 0 Å². The summed E-state index contributed by atoms with van der Waals surface area (Å²) in [6.07, 6.45) is 1.67. The van der Waals surface area contributed by atoms with E-state index in [4.69, 9.17) is 9.97 Å². The predicted molar refractivity (Wildman–Crippen MR) is 151 cm³/mol. The van der Waals surface area contributed by atoms with Crippen molar-refractivity contribution in [2.75, 3.05) is 0 Å². The molecule has 0 saturated carbocycles. The molecule has 6 nitrogen and oxygen atoms in total. The fraction of sp³-hybridized carbons (Fsp3) is 0. The SMILES string of the molecule is N#Cc1nc(-n2c3ccccc3c3c4c5ccccc5n5c6ccccc6c(cc32)c45)nc2cccnc12. The third-order valence-electron chi connectivity index (χ3n) is 7.76. The molecule has 0 amide bonds. The van der Waals surface area contributed by atoms with E-state index < -0.39 is 0 Å². The molecule has 0 N–H and O–H groups in total. The third-order valence-corrected chi connectivity index (χ3v) is 7.76. The van der Waals surface area contributed by atoms with Crippen molar-refractivity contribution in [3.8, 4) is 12.0 Å². The number of fused-ring (bicyclic) bond motifs is 11. The normalized spacial score (nSPS) is 12.2. The Bertz CT molecular complexity index is 2470. The Labute approximate surface area is 215 Å². The molecule has 0 spiro atoms. The first kappa shape index (κ1) is 19.6. The summed E-state index contributed by atoms with van der Waals surface area (Å²) in [6, 6.07) is 33.8. The minimum Gasteiger partial charge on any atom is -0.308 e. The van der Waals surface area contributed by atoms with Gasteiger partial charge in [0.1, 0.15) is 11.6 Å². The van der Waals surface area contributed by atoms with E-state index in [-0.39, 0.29) is 5.69 Å². The maximum absolute atomic E-state index is 9.92. The Morgan fingerprint density at radius 1 is 0.632 bits per heavy atom. The van der Waals surface area contributed by atoms with E-state index in [0.29, 0.717) is 17.0 Å². The first-order valence-corrected chi connectivity index (χ1v) is 12.5. The van der Waals surface area contributed by atoms with Crippen LogP contribution in [0.3, 0.4) is 0 Å². The van der Waals surface area contributed by atoms with Crippen LogP contribution in [0.5, 0.6) is 0 Å². The molecular formula is C32H16N6. The van der Waals surface area contributed by atoms with Gasteiger partial charge in [-0.25, -0.2) is 4.98 Å². The molecular weight excluding hydrogens is 468 g/mol. The van der Waals surface area contributed by atoms with Crippen LogP contribution in [0, 0.1) is 11.3 Å². The van der Waals surface area contributed by atoms with E-state index in [0.717, 1.165) is 21.8 Å². The number of hydrogen-bond donors (Lipinski definition) is 0. The second-order valence-corrected chi connectivity index (χ2v) is 9.62. The van der Waals surface area contributed by atoms with Crippen LogP contribution < -0.4 is 0 Å². The van der Waals surface area contributed by atoms with Gasteiger partial charge in [-0.2, -0.15) is 10.2 Å². The molecule has 5 heterocycles. The fourth-order valence-electron chi connectivity index (χ4n) is 6.31. The van der Waals surface area contributed by atoms with Crippen LogP contribution in [-0.4, -0.2) is 23.9 Å². The van der Waals surface area contributed by atoms with Crippen LogP contribution in [-0.2, 0) is 0 Å². The van der Waals surface area contributed by atoms with Crippen LogP contribution in [0.25, 0.3) is 76.9 Å². The molecule has 9 rings (SSSR count). The van der Waals surface area contributed by atoms with E-state index >= 15 is 0 Å². The van der Waals surface area contributed by atoms with Crippen molar-refractivity contribution in [2.45, 2.75) is 0 Å². The van der Waals surface area contributed by atoms with Crippen molar-refractivity contribution < 1.29 is 0 Å². The second kappa shape index (κ2) is 6.81. The van der Waals surface area contributed by atoms with Crippen molar-refractivity contribution in [2.24, 2.45) is 0 Å². The average Bonchev–Trinajstić information content (AvgIpc) is 3.60. The summed E-state index contributed by atoms with van der Waals surface area (Å²) in [5.41, 5.74) is 7.05. The summed E-state index contributed by atoms with van der Waals surface area (Å²) < 4.78 is 4.49. The van der Waals surface area contributed by atoms with E-state index in [9.17, 15) is 5.26 Å². The maximum Gasteiger partial charge on any atom is 0.236 e. The lowest BCUT2D eigenvalue weighted by molar-refractivity contribution is 0.998. The zero-order chi connectivity index (χ0) is 25.0. The lowest BCUT2D eigenvalue weighted by Crippen LogP contribution is -2.04. The van der Waals surface area contributed by atoms with Gasteiger partial charge in [-0.1, -0.05) is 54.6 Å².